The Morgan fingerprint density at radius 2 is 1.55 bits per heavy atom. The molecular weight excluding hydrogens is 284 g/mol. The fraction of sp³-hybridized carbons (Fsp3) is 0.0588. The molecule has 2 aromatic carbocycles. The summed E-state index contributed by atoms with van der Waals surface area (Å²) in [5, 5.41) is 21.8. The fourth-order valence-electron chi connectivity index (χ4n) is 1.95. The van der Waals surface area contributed by atoms with Crippen LogP contribution in [-0.4, -0.2) is 19.0 Å². The van der Waals surface area contributed by atoms with Crippen molar-refractivity contribution < 1.29 is 24.5 Å². The van der Waals surface area contributed by atoms with E-state index in [2.05, 4.69) is 0 Å². The zero-order chi connectivity index (χ0) is 16.1. The van der Waals surface area contributed by atoms with Crippen LogP contribution in [0.5, 0.6) is 5.75 Å². The minimum absolute atomic E-state index is 0.404. The molecule has 0 radical (unpaired) electrons. The van der Waals surface area contributed by atoms with Crippen LogP contribution in [0.4, 0.5) is 0 Å². The van der Waals surface area contributed by atoms with Gasteiger partial charge in [-0.3, -0.25) is 0 Å². The number of carbonyl (C=O) groups is 2. The van der Waals surface area contributed by atoms with Gasteiger partial charge in [-0.2, -0.15) is 0 Å². The summed E-state index contributed by atoms with van der Waals surface area (Å²) in [5.41, 5.74) is 0.580. The van der Waals surface area contributed by atoms with Crippen LogP contribution >= 0.6 is 0 Å². The molecule has 112 valence electrons. The van der Waals surface area contributed by atoms with E-state index in [1.54, 1.807) is 25.3 Å². The van der Waals surface area contributed by atoms with Crippen molar-refractivity contribution in [1.82, 2.24) is 0 Å². The van der Waals surface area contributed by atoms with E-state index in [1.807, 2.05) is 18.2 Å². The largest absolute Gasteiger partial charge is 0.545 e. The van der Waals surface area contributed by atoms with Crippen molar-refractivity contribution in [3.63, 3.8) is 0 Å². The van der Waals surface area contributed by atoms with E-state index in [0.29, 0.717) is 11.3 Å². The monoisotopic (exact) mass is 296 g/mol. The first kappa shape index (κ1) is 15.3. The Hall–Kier alpha value is -3.08. The van der Waals surface area contributed by atoms with Crippen molar-refractivity contribution in [2.24, 2.45) is 0 Å². The fourth-order valence-corrected chi connectivity index (χ4v) is 1.95. The number of carbonyl (C=O) groups excluding carboxylic acids is 2. The zero-order valence-corrected chi connectivity index (χ0v) is 11.7. The van der Waals surface area contributed by atoms with Gasteiger partial charge in [0.15, 0.2) is 0 Å². The Morgan fingerprint density at radius 3 is 2.14 bits per heavy atom. The van der Waals surface area contributed by atoms with Crippen molar-refractivity contribution in [3.8, 4) is 5.75 Å². The molecule has 0 atom stereocenters. The van der Waals surface area contributed by atoms with Crippen LogP contribution < -0.4 is 14.9 Å². The third-order valence-corrected chi connectivity index (χ3v) is 3.05. The lowest BCUT2D eigenvalue weighted by Crippen LogP contribution is -2.30. The Labute approximate surface area is 127 Å². The van der Waals surface area contributed by atoms with Crippen LogP contribution in [0.25, 0.3) is 12.2 Å². The summed E-state index contributed by atoms with van der Waals surface area (Å²) in [7, 11) is 1.56. The molecule has 0 aromatic heterocycles. The molecule has 0 bridgehead atoms. The first-order chi connectivity index (χ1) is 10.5. The molecule has 0 saturated heterocycles. The Kier molecular flexibility index (Phi) is 4.58. The van der Waals surface area contributed by atoms with E-state index in [-0.39, 0.29) is 0 Å². The maximum Gasteiger partial charge on any atom is 0.119 e. The second-order valence-electron chi connectivity index (χ2n) is 4.49. The standard InChI is InChI=1S/C17H14O5/c1-22-13-4-2-3-11(9-13)5-6-12-7-8-14(16(18)19)15(10-12)17(20)21/h2-10H,1H3,(H,18,19)(H,20,21)/p-2/b6-5+. The lowest BCUT2D eigenvalue weighted by molar-refractivity contribution is -0.259. The van der Waals surface area contributed by atoms with Gasteiger partial charge in [-0.25, -0.2) is 0 Å². The molecule has 5 nitrogen and oxygen atoms in total. The van der Waals surface area contributed by atoms with Crippen LogP contribution in [0.3, 0.4) is 0 Å². The van der Waals surface area contributed by atoms with Crippen molar-refractivity contribution in [1.29, 1.82) is 0 Å². The average molecular weight is 296 g/mol. The van der Waals surface area contributed by atoms with E-state index in [0.717, 1.165) is 5.56 Å². The van der Waals surface area contributed by atoms with Gasteiger partial charge in [0.1, 0.15) is 5.75 Å². The van der Waals surface area contributed by atoms with Crippen molar-refractivity contribution in [3.05, 3.63) is 64.7 Å². The lowest BCUT2D eigenvalue weighted by Gasteiger charge is -2.12. The molecule has 0 spiro atoms. The molecule has 0 N–H and O–H groups in total. The third kappa shape index (κ3) is 3.52. The van der Waals surface area contributed by atoms with Crippen molar-refractivity contribution in [2.75, 3.05) is 7.11 Å². The van der Waals surface area contributed by atoms with Crippen molar-refractivity contribution in [2.45, 2.75) is 0 Å². The summed E-state index contributed by atoms with van der Waals surface area (Å²) in [6.45, 7) is 0. The van der Waals surface area contributed by atoms with Gasteiger partial charge in [-0.1, -0.05) is 36.4 Å². The van der Waals surface area contributed by atoms with E-state index in [4.69, 9.17) is 4.74 Å². The molecular formula is C17H12O5-2. The SMILES string of the molecule is COc1cccc(/C=C/c2ccc(C(=O)[O-])c(C(=O)[O-])c2)c1. The quantitative estimate of drug-likeness (QED) is 0.753. The Morgan fingerprint density at radius 1 is 0.909 bits per heavy atom. The van der Waals surface area contributed by atoms with Crippen LogP contribution in [0.15, 0.2) is 42.5 Å². The number of hydrogen-bond acceptors (Lipinski definition) is 5. The average Bonchev–Trinajstić information content (AvgIpc) is 2.52. The minimum atomic E-state index is -1.56. The van der Waals surface area contributed by atoms with E-state index in [9.17, 15) is 19.8 Å². The van der Waals surface area contributed by atoms with Crippen molar-refractivity contribution >= 4 is 24.1 Å². The number of methoxy groups -OCH3 is 1. The summed E-state index contributed by atoms with van der Waals surface area (Å²) < 4.78 is 5.11. The van der Waals surface area contributed by atoms with Gasteiger partial charge < -0.3 is 24.5 Å². The molecule has 0 aliphatic rings. The van der Waals surface area contributed by atoms with Gasteiger partial charge in [0.05, 0.1) is 19.0 Å². The molecule has 2 rings (SSSR count). The minimum Gasteiger partial charge on any atom is -0.545 e. The third-order valence-electron chi connectivity index (χ3n) is 3.05. The molecule has 0 aliphatic heterocycles. The van der Waals surface area contributed by atoms with Gasteiger partial charge in [-0.15, -0.1) is 0 Å². The van der Waals surface area contributed by atoms with Gasteiger partial charge in [0, 0.05) is 11.1 Å². The molecule has 0 heterocycles. The highest BCUT2D eigenvalue weighted by Crippen LogP contribution is 2.17. The number of hydrogen-bond donors (Lipinski definition) is 0. The molecule has 0 unspecified atom stereocenters. The number of carboxylic acids is 2. The summed E-state index contributed by atoms with van der Waals surface area (Å²) in [5.74, 6) is -2.41. The highest BCUT2D eigenvalue weighted by molar-refractivity contribution is 6.00. The summed E-state index contributed by atoms with van der Waals surface area (Å²) in [4.78, 5) is 21.8. The maximum absolute atomic E-state index is 11.0. The molecule has 0 saturated carbocycles. The first-order valence-corrected chi connectivity index (χ1v) is 6.40. The van der Waals surface area contributed by atoms with Gasteiger partial charge in [0.2, 0.25) is 0 Å². The number of aromatic carboxylic acids is 2. The molecule has 0 fully saturated rings. The molecule has 0 aliphatic carbocycles. The Bertz CT molecular complexity index is 746. The van der Waals surface area contributed by atoms with Crippen LogP contribution in [-0.2, 0) is 0 Å². The van der Waals surface area contributed by atoms with Gasteiger partial charge in [-0.05, 0) is 29.3 Å². The number of ether oxygens (including phenoxy) is 1. The van der Waals surface area contributed by atoms with Crippen LogP contribution in [0, 0.1) is 0 Å². The highest BCUT2D eigenvalue weighted by atomic mass is 16.5. The summed E-state index contributed by atoms with van der Waals surface area (Å²) >= 11 is 0. The number of rotatable bonds is 5. The molecule has 22 heavy (non-hydrogen) atoms. The molecule has 0 amide bonds. The lowest BCUT2D eigenvalue weighted by atomic mass is 10.0. The van der Waals surface area contributed by atoms with Crippen LogP contribution in [0.2, 0.25) is 0 Å². The maximum atomic E-state index is 11.0. The number of carboxylic acid groups (broad SMARTS) is 2. The predicted octanol–water partition coefficient (Wildman–Crippen LogP) is 0.593. The number of benzene rings is 2. The highest BCUT2D eigenvalue weighted by Gasteiger charge is 2.05. The van der Waals surface area contributed by atoms with Gasteiger partial charge >= 0.3 is 0 Å². The zero-order valence-electron chi connectivity index (χ0n) is 11.7. The summed E-state index contributed by atoms with van der Waals surface area (Å²) in [6.07, 6.45) is 3.43. The van der Waals surface area contributed by atoms with E-state index in [1.165, 1.54) is 18.2 Å². The Balaban J connectivity index is 2.33. The summed E-state index contributed by atoms with van der Waals surface area (Å²) in [6, 6.07) is 11.2. The van der Waals surface area contributed by atoms with Crippen LogP contribution in [0.1, 0.15) is 31.8 Å². The molecule has 5 heteroatoms. The molecule has 2 aromatic rings. The topological polar surface area (TPSA) is 89.5 Å². The smallest absolute Gasteiger partial charge is 0.119 e. The normalized spacial score (nSPS) is 10.6. The second kappa shape index (κ2) is 6.58. The van der Waals surface area contributed by atoms with Gasteiger partial charge in [0.25, 0.3) is 0 Å². The second-order valence-corrected chi connectivity index (χ2v) is 4.49. The first-order valence-electron chi connectivity index (χ1n) is 6.40. The van der Waals surface area contributed by atoms with E-state index >= 15 is 0 Å². The predicted molar refractivity (Wildman–Crippen MR) is 77.0 cm³/mol. The van der Waals surface area contributed by atoms with E-state index < -0.39 is 23.1 Å².